The second kappa shape index (κ2) is 5.02. The first kappa shape index (κ1) is 12.2. The van der Waals surface area contributed by atoms with Gasteiger partial charge in [0, 0.05) is 23.1 Å². The van der Waals surface area contributed by atoms with Gasteiger partial charge in [0.1, 0.15) is 0 Å². The second-order valence-corrected chi connectivity index (χ2v) is 6.15. The molecular weight excluding hydrogens is 292 g/mol. The van der Waals surface area contributed by atoms with Crippen LogP contribution in [-0.2, 0) is 11.3 Å². The van der Waals surface area contributed by atoms with E-state index in [1.165, 1.54) is 6.42 Å². The molecule has 2 N–H and O–H groups in total. The van der Waals surface area contributed by atoms with Crippen molar-refractivity contribution in [2.24, 2.45) is 5.92 Å². The smallest absolute Gasteiger partial charge is 0.225 e. The molecule has 0 aliphatic carbocycles. The maximum Gasteiger partial charge on any atom is 0.225 e. The quantitative estimate of drug-likeness (QED) is 0.899. The van der Waals surface area contributed by atoms with Crippen LogP contribution in [0.5, 0.6) is 0 Å². The molecule has 0 saturated carbocycles. The molecule has 0 aromatic heterocycles. The molecule has 4 heteroatoms. The van der Waals surface area contributed by atoms with Gasteiger partial charge in [-0.25, -0.2) is 0 Å². The molecule has 1 aromatic rings. The maximum absolute atomic E-state index is 12.1. The molecule has 3 atom stereocenters. The van der Waals surface area contributed by atoms with E-state index in [0.717, 1.165) is 22.9 Å². The van der Waals surface area contributed by atoms with E-state index in [2.05, 4.69) is 26.6 Å². The number of benzene rings is 1. The standard InChI is InChI=1S/C14H17BrN2O/c15-10-3-1-9(2-4-10)8-16-14(18)12-7-11-5-6-13(12)17-11/h1-4,11-13,17H,5-8H2,(H,16,18). The lowest BCUT2D eigenvalue weighted by Gasteiger charge is -2.19. The molecule has 3 rings (SSSR count). The second-order valence-electron chi connectivity index (χ2n) is 5.23. The van der Waals surface area contributed by atoms with Crippen molar-refractivity contribution in [1.29, 1.82) is 0 Å². The lowest BCUT2D eigenvalue weighted by molar-refractivity contribution is -0.125. The normalized spacial score (nSPS) is 29.5. The molecule has 2 heterocycles. The van der Waals surface area contributed by atoms with Crippen LogP contribution in [0.2, 0.25) is 0 Å². The first-order chi connectivity index (χ1) is 8.72. The molecule has 1 amide bonds. The highest BCUT2D eigenvalue weighted by Gasteiger charge is 2.42. The summed E-state index contributed by atoms with van der Waals surface area (Å²) in [6.07, 6.45) is 3.40. The van der Waals surface area contributed by atoms with Gasteiger partial charge in [-0.1, -0.05) is 28.1 Å². The zero-order chi connectivity index (χ0) is 12.5. The number of nitrogens with one attached hydrogen (secondary N) is 2. The molecule has 2 aliphatic heterocycles. The van der Waals surface area contributed by atoms with Gasteiger partial charge in [0.2, 0.25) is 5.91 Å². The third-order valence-corrected chi connectivity index (χ3v) is 4.55. The van der Waals surface area contributed by atoms with Crippen LogP contribution >= 0.6 is 15.9 Å². The van der Waals surface area contributed by atoms with Crippen molar-refractivity contribution < 1.29 is 4.79 Å². The van der Waals surface area contributed by atoms with Gasteiger partial charge in [-0.05, 0) is 37.0 Å². The fraction of sp³-hybridized carbons (Fsp3) is 0.500. The predicted octanol–water partition coefficient (Wildman–Crippen LogP) is 2.21. The maximum atomic E-state index is 12.1. The predicted molar refractivity (Wildman–Crippen MR) is 74.0 cm³/mol. The lowest BCUT2D eigenvalue weighted by atomic mass is 9.88. The Hall–Kier alpha value is -0.870. The van der Waals surface area contributed by atoms with Gasteiger partial charge in [0.05, 0.1) is 5.92 Å². The molecule has 1 aromatic carbocycles. The van der Waals surface area contributed by atoms with E-state index in [4.69, 9.17) is 0 Å². The highest BCUT2D eigenvalue weighted by Crippen LogP contribution is 2.33. The van der Waals surface area contributed by atoms with Crippen molar-refractivity contribution in [2.45, 2.75) is 37.9 Å². The molecule has 3 unspecified atom stereocenters. The molecule has 2 bridgehead atoms. The molecule has 2 saturated heterocycles. The molecule has 3 nitrogen and oxygen atoms in total. The largest absolute Gasteiger partial charge is 0.352 e. The third-order valence-electron chi connectivity index (χ3n) is 4.02. The van der Waals surface area contributed by atoms with Crippen molar-refractivity contribution in [3.05, 3.63) is 34.3 Å². The van der Waals surface area contributed by atoms with Crippen molar-refractivity contribution in [3.8, 4) is 0 Å². The van der Waals surface area contributed by atoms with Crippen LogP contribution in [0, 0.1) is 5.92 Å². The zero-order valence-corrected chi connectivity index (χ0v) is 11.7. The van der Waals surface area contributed by atoms with Crippen LogP contribution in [0.4, 0.5) is 0 Å². The van der Waals surface area contributed by atoms with Gasteiger partial charge < -0.3 is 10.6 Å². The fourth-order valence-corrected chi connectivity index (χ4v) is 3.30. The van der Waals surface area contributed by atoms with Crippen LogP contribution in [0.3, 0.4) is 0 Å². The van der Waals surface area contributed by atoms with Gasteiger partial charge in [-0.3, -0.25) is 4.79 Å². The number of hydrogen-bond acceptors (Lipinski definition) is 2. The Balaban J connectivity index is 1.54. The summed E-state index contributed by atoms with van der Waals surface area (Å²) in [6, 6.07) is 9.06. The minimum Gasteiger partial charge on any atom is -0.352 e. The van der Waals surface area contributed by atoms with Crippen LogP contribution in [-0.4, -0.2) is 18.0 Å². The van der Waals surface area contributed by atoms with E-state index in [1.807, 2.05) is 24.3 Å². The number of fused-ring (bicyclic) bond motifs is 2. The van der Waals surface area contributed by atoms with E-state index in [1.54, 1.807) is 0 Å². The Morgan fingerprint density at radius 1 is 1.33 bits per heavy atom. The number of halogens is 1. The first-order valence-corrected chi connectivity index (χ1v) is 7.30. The molecule has 0 spiro atoms. The van der Waals surface area contributed by atoms with Crippen LogP contribution in [0.25, 0.3) is 0 Å². The van der Waals surface area contributed by atoms with Gasteiger partial charge in [0.25, 0.3) is 0 Å². The molecule has 0 radical (unpaired) electrons. The van der Waals surface area contributed by atoms with Crippen molar-refractivity contribution in [1.82, 2.24) is 10.6 Å². The summed E-state index contributed by atoms with van der Waals surface area (Å²) in [5.74, 6) is 0.386. The Bertz CT molecular complexity index is 446. The van der Waals surface area contributed by atoms with Crippen molar-refractivity contribution >= 4 is 21.8 Å². The SMILES string of the molecule is O=C(NCc1ccc(Br)cc1)C1CC2CCC1N2. The number of carbonyl (C=O) groups excluding carboxylic acids is 1. The summed E-state index contributed by atoms with van der Waals surface area (Å²) in [5.41, 5.74) is 1.14. The van der Waals surface area contributed by atoms with Crippen LogP contribution < -0.4 is 10.6 Å². The summed E-state index contributed by atoms with van der Waals surface area (Å²) in [7, 11) is 0. The minimum atomic E-state index is 0.180. The summed E-state index contributed by atoms with van der Waals surface area (Å²) in [6.45, 7) is 0.625. The van der Waals surface area contributed by atoms with Crippen molar-refractivity contribution in [2.75, 3.05) is 0 Å². The average molecular weight is 309 g/mol. The van der Waals surface area contributed by atoms with Crippen molar-refractivity contribution in [3.63, 3.8) is 0 Å². The van der Waals surface area contributed by atoms with Gasteiger partial charge in [0.15, 0.2) is 0 Å². The highest BCUT2D eigenvalue weighted by molar-refractivity contribution is 9.10. The Morgan fingerprint density at radius 3 is 2.72 bits per heavy atom. The Morgan fingerprint density at radius 2 is 2.11 bits per heavy atom. The third kappa shape index (κ3) is 2.45. The first-order valence-electron chi connectivity index (χ1n) is 6.50. The summed E-state index contributed by atoms with van der Waals surface area (Å²) < 4.78 is 1.06. The van der Waals surface area contributed by atoms with Crippen LogP contribution in [0.15, 0.2) is 28.7 Å². The number of rotatable bonds is 3. The lowest BCUT2D eigenvalue weighted by Crippen LogP contribution is -2.37. The summed E-state index contributed by atoms with van der Waals surface area (Å²) in [4.78, 5) is 12.1. The average Bonchev–Trinajstić information content (AvgIpc) is 3.00. The molecule has 2 fully saturated rings. The number of amides is 1. The van der Waals surface area contributed by atoms with Gasteiger partial charge in [-0.2, -0.15) is 0 Å². The fourth-order valence-electron chi connectivity index (χ4n) is 3.04. The number of carbonyl (C=O) groups is 1. The van der Waals surface area contributed by atoms with E-state index >= 15 is 0 Å². The van der Waals surface area contributed by atoms with E-state index in [0.29, 0.717) is 18.6 Å². The highest BCUT2D eigenvalue weighted by atomic mass is 79.9. The molecule has 18 heavy (non-hydrogen) atoms. The molecule has 2 aliphatic rings. The molecular formula is C14H17BrN2O. The van der Waals surface area contributed by atoms with E-state index < -0.39 is 0 Å². The van der Waals surface area contributed by atoms with E-state index in [9.17, 15) is 4.79 Å². The van der Waals surface area contributed by atoms with Gasteiger partial charge in [-0.15, -0.1) is 0 Å². The van der Waals surface area contributed by atoms with E-state index in [-0.39, 0.29) is 11.8 Å². The number of hydrogen-bond donors (Lipinski definition) is 2. The van der Waals surface area contributed by atoms with Crippen LogP contribution in [0.1, 0.15) is 24.8 Å². The van der Waals surface area contributed by atoms with Gasteiger partial charge >= 0.3 is 0 Å². The monoisotopic (exact) mass is 308 g/mol. The summed E-state index contributed by atoms with van der Waals surface area (Å²) in [5, 5.41) is 6.55. The zero-order valence-electron chi connectivity index (χ0n) is 10.2. The summed E-state index contributed by atoms with van der Waals surface area (Å²) >= 11 is 3.41. The Kier molecular flexibility index (Phi) is 3.39. The molecule has 96 valence electrons. The Labute approximate surface area is 115 Å². The minimum absolute atomic E-state index is 0.180. The topological polar surface area (TPSA) is 41.1 Å².